The summed E-state index contributed by atoms with van der Waals surface area (Å²) >= 11 is 0. The van der Waals surface area contributed by atoms with E-state index in [0.717, 1.165) is 63.0 Å². The largest absolute Gasteiger partial charge is 0.358 e. The smallest absolute Gasteiger partial charge is 0.253 e. The Labute approximate surface area is 200 Å². The Morgan fingerprint density at radius 2 is 1.71 bits per heavy atom. The Bertz CT molecular complexity index is 1080. The summed E-state index contributed by atoms with van der Waals surface area (Å²) in [6.07, 6.45) is 4.86. The Hall–Kier alpha value is -3.35. The molecule has 34 heavy (non-hydrogen) atoms. The zero-order chi connectivity index (χ0) is 23.7. The van der Waals surface area contributed by atoms with E-state index in [9.17, 15) is 14.4 Å². The second-order valence-electron chi connectivity index (χ2n) is 9.53. The van der Waals surface area contributed by atoms with Gasteiger partial charge in [0.15, 0.2) is 0 Å². The number of carbonyl (C=O) groups is 3. The highest BCUT2D eigenvalue weighted by Crippen LogP contribution is 2.40. The zero-order valence-corrected chi connectivity index (χ0v) is 19.7. The van der Waals surface area contributed by atoms with E-state index in [1.807, 2.05) is 60.4 Å². The lowest BCUT2D eigenvalue weighted by atomic mass is 9.95. The van der Waals surface area contributed by atoms with Crippen molar-refractivity contribution < 1.29 is 14.4 Å². The molecular weight excluding hydrogens is 428 g/mol. The van der Waals surface area contributed by atoms with Gasteiger partial charge in [0.25, 0.3) is 5.91 Å². The molecule has 5 rings (SSSR count). The fourth-order valence-electron chi connectivity index (χ4n) is 5.41. The Morgan fingerprint density at radius 3 is 2.47 bits per heavy atom. The molecule has 2 aromatic carbocycles. The van der Waals surface area contributed by atoms with Crippen molar-refractivity contribution in [1.82, 2.24) is 10.2 Å². The average molecular weight is 461 g/mol. The number of amides is 3. The van der Waals surface area contributed by atoms with Crippen LogP contribution in [0.2, 0.25) is 0 Å². The lowest BCUT2D eigenvalue weighted by molar-refractivity contribution is -0.125. The highest BCUT2D eigenvalue weighted by molar-refractivity contribution is 6.10. The highest BCUT2D eigenvalue weighted by Gasteiger charge is 2.40. The van der Waals surface area contributed by atoms with Gasteiger partial charge in [-0.25, -0.2) is 0 Å². The van der Waals surface area contributed by atoms with Crippen LogP contribution in [-0.4, -0.2) is 54.8 Å². The molecule has 7 heteroatoms. The first kappa shape index (κ1) is 22.4. The van der Waals surface area contributed by atoms with Crippen molar-refractivity contribution in [2.45, 2.75) is 51.1 Å². The standard InChI is InChI=1S/C27H32N4O3/c1-19(20-9-3-2-4-10-20)28-25(32)18-31-24-17-21(26(33)29-14-7-8-15-29)12-13-22(24)30-16-6-5-11-23(30)27(31)34/h2-4,9-10,12-13,17,19,23H,5-8,11,14-16,18H2,1H3,(H,28,32)/t19-,23+/m0/s1. The van der Waals surface area contributed by atoms with Crippen LogP contribution in [0, 0.1) is 0 Å². The van der Waals surface area contributed by atoms with Crippen LogP contribution < -0.4 is 15.1 Å². The summed E-state index contributed by atoms with van der Waals surface area (Å²) in [4.78, 5) is 45.3. The van der Waals surface area contributed by atoms with Gasteiger partial charge in [0.1, 0.15) is 12.6 Å². The van der Waals surface area contributed by atoms with Crippen LogP contribution in [0.3, 0.4) is 0 Å². The van der Waals surface area contributed by atoms with Crippen LogP contribution in [-0.2, 0) is 9.59 Å². The molecule has 2 aromatic rings. The molecule has 2 fully saturated rings. The maximum Gasteiger partial charge on any atom is 0.253 e. The fraction of sp³-hybridized carbons (Fsp3) is 0.444. The second kappa shape index (κ2) is 9.49. The van der Waals surface area contributed by atoms with Gasteiger partial charge in [-0.1, -0.05) is 30.3 Å². The SMILES string of the molecule is C[C@H](NC(=O)CN1C(=O)[C@H]2CCCCN2c2ccc(C(=O)N3CCCC3)cc21)c1ccccc1. The van der Waals surface area contributed by atoms with Crippen LogP contribution in [0.4, 0.5) is 11.4 Å². The van der Waals surface area contributed by atoms with Crippen molar-refractivity contribution in [3.63, 3.8) is 0 Å². The summed E-state index contributed by atoms with van der Waals surface area (Å²) in [6, 6.07) is 15.0. The van der Waals surface area contributed by atoms with E-state index in [2.05, 4.69) is 10.2 Å². The minimum atomic E-state index is -0.249. The van der Waals surface area contributed by atoms with Crippen molar-refractivity contribution in [3.05, 3.63) is 59.7 Å². The number of hydrogen-bond acceptors (Lipinski definition) is 4. The van der Waals surface area contributed by atoms with Gasteiger partial charge in [-0.3, -0.25) is 19.3 Å². The molecule has 3 heterocycles. The summed E-state index contributed by atoms with van der Waals surface area (Å²) in [6.45, 7) is 4.23. The molecule has 1 N–H and O–H groups in total. The molecule has 3 amide bonds. The van der Waals surface area contributed by atoms with Crippen molar-refractivity contribution in [1.29, 1.82) is 0 Å². The number of carbonyl (C=O) groups excluding carboxylic acids is 3. The normalized spacial score (nSPS) is 20.6. The first-order valence-corrected chi connectivity index (χ1v) is 12.4. The van der Waals surface area contributed by atoms with Crippen LogP contribution in [0.1, 0.15) is 61.0 Å². The van der Waals surface area contributed by atoms with E-state index in [4.69, 9.17) is 0 Å². The molecule has 7 nitrogen and oxygen atoms in total. The second-order valence-corrected chi connectivity index (χ2v) is 9.53. The summed E-state index contributed by atoms with van der Waals surface area (Å²) in [5.74, 6) is -0.271. The summed E-state index contributed by atoms with van der Waals surface area (Å²) in [5.41, 5.74) is 3.19. The van der Waals surface area contributed by atoms with Gasteiger partial charge < -0.3 is 15.1 Å². The van der Waals surface area contributed by atoms with Crippen molar-refractivity contribution >= 4 is 29.1 Å². The van der Waals surface area contributed by atoms with Crippen LogP contribution >= 0.6 is 0 Å². The number of benzene rings is 2. The molecular formula is C27H32N4O3. The Balaban J connectivity index is 1.42. The first-order valence-electron chi connectivity index (χ1n) is 12.4. The number of likely N-dealkylation sites (tertiary alicyclic amines) is 1. The van der Waals surface area contributed by atoms with Gasteiger partial charge in [0.05, 0.1) is 17.4 Å². The van der Waals surface area contributed by atoms with Gasteiger partial charge in [-0.15, -0.1) is 0 Å². The van der Waals surface area contributed by atoms with Crippen LogP contribution in [0.25, 0.3) is 0 Å². The lowest BCUT2D eigenvalue weighted by Gasteiger charge is -2.45. The molecule has 0 aliphatic carbocycles. The maximum atomic E-state index is 13.6. The number of anilines is 2. The monoisotopic (exact) mass is 460 g/mol. The van der Waals surface area contributed by atoms with E-state index < -0.39 is 0 Å². The Morgan fingerprint density at radius 1 is 0.971 bits per heavy atom. The third-order valence-electron chi connectivity index (χ3n) is 7.25. The maximum absolute atomic E-state index is 13.6. The van der Waals surface area contributed by atoms with E-state index in [-0.39, 0.29) is 36.3 Å². The van der Waals surface area contributed by atoms with Gasteiger partial charge in [0, 0.05) is 25.2 Å². The summed E-state index contributed by atoms with van der Waals surface area (Å²) in [5, 5.41) is 3.03. The first-order chi connectivity index (χ1) is 16.5. The number of nitrogens with zero attached hydrogens (tertiary/aromatic N) is 3. The minimum Gasteiger partial charge on any atom is -0.358 e. The quantitative estimate of drug-likeness (QED) is 0.741. The molecule has 2 saturated heterocycles. The third kappa shape index (κ3) is 4.27. The molecule has 3 aliphatic heterocycles. The zero-order valence-electron chi connectivity index (χ0n) is 19.7. The van der Waals surface area contributed by atoms with E-state index in [1.165, 1.54) is 0 Å². The number of fused-ring (bicyclic) bond motifs is 3. The van der Waals surface area contributed by atoms with Gasteiger partial charge >= 0.3 is 0 Å². The van der Waals surface area contributed by atoms with E-state index in [0.29, 0.717) is 11.3 Å². The lowest BCUT2D eigenvalue weighted by Crippen LogP contribution is -2.57. The topological polar surface area (TPSA) is 73.0 Å². The minimum absolute atomic E-state index is 0.00406. The number of rotatable bonds is 5. The van der Waals surface area contributed by atoms with E-state index in [1.54, 1.807) is 4.90 Å². The molecule has 0 bridgehead atoms. The van der Waals surface area contributed by atoms with Gasteiger partial charge in [0.2, 0.25) is 11.8 Å². The molecule has 2 atom stereocenters. The molecule has 0 unspecified atom stereocenters. The molecule has 0 spiro atoms. The van der Waals surface area contributed by atoms with E-state index >= 15 is 0 Å². The predicted molar refractivity (Wildman–Crippen MR) is 132 cm³/mol. The Kier molecular flexibility index (Phi) is 6.26. The number of piperidine rings is 1. The molecule has 3 aliphatic rings. The van der Waals surface area contributed by atoms with Crippen molar-refractivity contribution in [2.24, 2.45) is 0 Å². The summed E-state index contributed by atoms with van der Waals surface area (Å²) in [7, 11) is 0. The van der Waals surface area contributed by atoms with Crippen LogP contribution in [0.5, 0.6) is 0 Å². The predicted octanol–water partition coefficient (Wildman–Crippen LogP) is 3.51. The van der Waals surface area contributed by atoms with Crippen LogP contribution in [0.15, 0.2) is 48.5 Å². The average Bonchev–Trinajstić information content (AvgIpc) is 3.41. The highest BCUT2D eigenvalue weighted by atomic mass is 16.2. The van der Waals surface area contributed by atoms with Crippen molar-refractivity contribution in [3.8, 4) is 0 Å². The van der Waals surface area contributed by atoms with Gasteiger partial charge in [-0.2, -0.15) is 0 Å². The molecule has 178 valence electrons. The fourth-order valence-corrected chi connectivity index (χ4v) is 5.41. The number of nitrogens with one attached hydrogen (secondary N) is 1. The summed E-state index contributed by atoms with van der Waals surface area (Å²) < 4.78 is 0. The van der Waals surface area contributed by atoms with Gasteiger partial charge in [-0.05, 0) is 62.8 Å². The third-order valence-corrected chi connectivity index (χ3v) is 7.25. The molecule has 0 aromatic heterocycles. The molecule has 0 radical (unpaired) electrons. The number of hydrogen-bond donors (Lipinski definition) is 1. The molecule has 0 saturated carbocycles. The van der Waals surface area contributed by atoms with Crippen molar-refractivity contribution in [2.75, 3.05) is 36.0 Å².